The molecule has 6 heteroatoms. The van der Waals surface area contributed by atoms with Gasteiger partial charge >= 0.3 is 0 Å². The monoisotopic (exact) mass is 266 g/mol. The van der Waals surface area contributed by atoms with Crippen LogP contribution in [0.5, 0.6) is 0 Å². The fraction of sp³-hybridized carbons (Fsp3) is 0.538. The van der Waals surface area contributed by atoms with Crippen molar-refractivity contribution in [1.29, 1.82) is 0 Å². The Kier molecular flexibility index (Phi) is 6.24. The smallest absolute Gasteiger partial charge is 0.256 e. The Balaban J connectivity index is 2.90. The number of pyridine rings is 1. The van der Waals surface area contributed by atoms with Crippen LogP contribution in [0.25, 0.3) is 0 Å². The average Bonchev–Trinajstić information content (AvgIpc) is 2.42. The molecule has 0 spiro atoms. The number of nitrogens with two attached hydrogens (primary N) is 1. The fourth-order valence-corrected chi connectivity index (χ4v) is 1.78. The first-order valence-electron chi connectivity index (χ1n) is 6.29. The van der Waals surface area contributed by atoms with Crippen LogP contribution in [0.15, 0.2) is 18.5 Å². The largest absolute Gasteiger partial charge is 0.383 e. The number of carbonyl (C=O) groups is 1. The van der Waals surface area contributed by atoms with Gasteiger partial charge in [0.25, 0.3) is 5.91 Å². The van der Waals surface area contributed by atoms with Crippen molar-refractivity contribution in [2.24, 2.45) is 11.8 Å². The van der Waals surface area contributed by atoms with Crippen molar-refractivity contribution >= 4 is 11.6 Å². The van der Waals surface area contributed by atoms with Gasteiger partial charge in [0.1, 0.15) is 0 Å². The average molecular weight is 266 g/mol. The third kappa shape index (κ3) is 4.50. The molecule has 0 bridgehead atoms. The third-order valence-electron chi connectivity index (χ3n) is 2.65. The van der Waals surface area contributed by atoms with Gasteiger partial charge in [0.2, 0.25) is 0 Å². The highest BCUT2D eigenvalue weighted by Gasteiger charge is 2.19. The molecule has 1 aromatic rings. The number of hydrogen-bond donors (Lipinski definition) is 2. The van der Waals surface area contributed by atoms with E-state index in [2.05, 4.69) is 24.3 Å². The van der Waals surface area contributed by atoms with E-state index in [0.717, 1.165) is 0 Å². The van der Waals surface area contributed by atoms with Crippen LogP contribution in [-0.2, 0) is 4.74 Å². The second-order valence-electron chi connectivity index (χ2n) is 4.70. The Morgan fingerprint density at radius 1 is 1.58 bits per heavy atom. The quantitative estimate of drug-likeness (QED) is 0.571. The molecule has 0 saturated carbocycles. The van der Waals surface area contributed by atoms with Gasteiger partial charge in [-0.2, -0.15) is 0 Å². The second kappa shape index (κ2) is 7.70. The van der Waals surface area contributed by atoms with E-state index in [1.54, 1.807) is 24.3 Å². The second-order valence-corrected chi connectivity index (χ2v) is 4.70. The van der Waals surface area contributed by atoms with Gasteiger partial charge in [-0.15, -0.1) is 0 Å². The number of carbonyl (C=O) groups excluding carboxylic acids is 1. The van der Waals surface area contributed by atoms with E-state index in [1.807, 2.05) is 0 Å². The maximum atomic E-state index is 12.5. The first-order chi connectivity index (χ1) is 9.10. The number of nitrogens with one attached hydrogen (secondary N) is 1. The molecule has 0 atom stereocenters. The lowest BCUT2D eigenvalue weighted by atomic mass is 10.1. The van der Waals surface area contributed by atoms with E-state index in [4.69, 9.17) is 10.6 Å². The molecule has 1 aromatic heterocycles. The highest BCUT2D eigenvalue weighted by Crippen LogP contribution is 2.15. The molecule has 0 aromatic carbocycles. The van der Waals surface area contributed by atoms with Crippen molar-refractivity contribution < 1.29 is 9.53 Å². The van der Waals surface area contributed by atoms with Gasteiger partial charge in [0, 0.05) is 26.4 Å². The minimum atomic E-state index is -0.0684. The lowest BCUT2D eigenvalue weighted by Crippen LogP contribution is -2.37. The number of nitrogens with zero attached hydrogens (tertiary/aromatic N) is 2. The number of ether oxygens (including phenoxy) is 1. The lowest BCUT2D eigenvalue weighted by Gasteiger charge is -2.25. The van der Waals surface area contributed by atoms with Crippen molar-refractivity contribution in [3.63, 3.8) is 0 Å². The fourth-order valence-electron chi connectivity index (χ4n) is 1.78. The summed E-state index contributed by atoms with van der Waals surface area (Å²) in [7, 11) is 1.62. The van der Waals surface area contributed by atoms with Crippen LogP contribution in [0.3, 0.4) is 0 Å². The molecule has 1 rings (SSSR count). The number of hydrazine groups is 1. The van der Waals surface area contributed by atoms with Gasteiger partial charge < -0.3 is 15.1 Å². The molecule has 0 aliphatic heterocycles. The van der Waals surface area contributed by atoms with E-state index in [-0.39, 0.29) is 5.91 Å². The maximum Gasteiger partial charge on any atom is 0.256 e. The standard InChI is InChI=1S/C13H22N4O2/c1-10(2)9-17(6-7-19-3)13(18)11-4-5-15-8-12(11)16-14/h4-5,8,10,16H,6-7,9,14H2,1-3H3. The van der Waals surface area contributed by atoms with Gasteiger partial charge in [-0.3, -0.25) is 15.6 Å². The van der Waals surface area contributed by atoms with Gasteiger partial charge in [-0.25, -0.2) is 0 Å². The molecule has 19 heavy (non-hydrogen) atoms. The molecule has 3 N–H and O–H groups in total. The lowest BCUT2D eigenvalue weighted by molar-refractivity contribution is 0.0673. The van der Waals surface area contributed by atoms with Crippen molar-refractivity contribution in [2.75, 3.05) is 32.2 Å². The van der Waals surface area contributed by atoms with Crippen LogP contribution < -0.4 is 11.3 Å². The minimum absolute atomic E-state index is 0.0684. The van der Waals surface area contributed by atoms with Crippen molar-refractivity contribution in [3.8, 4) is 0 Å². The first kappa shape index (κ1) is 15.4. The van der Waals surface area contributed by atoms with Crippen molar-refractivity contribution in [2.45, 2.75) is 13.8 Å². The molecule has 1 amide bonds. The summed E-state index contributed by atoms with van der Waals surface area (Å²) in [6.07, 6.45) is 3.12. The Morgan fingerprint density at radius 3 is 2.89 bits per heavy atom. The predicted molar refractivity (Wildman–Crippen MR) is 74.7 cm³/mol. The number of nitrogen functional groups attached to an aromatic ring is 1. The molecule has 0 fully saturated rings. The molecule has 0 saturated heterocycles. The summed E-state index contributed by atoms with van der Waals surface area (Å²) in [5.41, 5.74) is 3.55. The molecule has 0 radical (unpaired) electrons. The van der Waals surface area contributed by atoms with Crippen LogP contribution in [0.4, 0.5) is 5.69 Å². The summed E-state index contributed by atoms with van der Waals surface area (Å²) in [6, 6.07) is 1.66. The van der Waals surface area contributed by atoms with Crippen LogP contribution in [-0.4, -0.2) is 42.6 Å². The number of aromatic nitrogens is 1. The molecular weight excluding hydrogens is 244 g/mol. The SMILES string of the molecule is COCCN(CC(C)C)C(=O)c1ccncc1NN. The van der Waals surface area contributed by atoms with E-state index >= 15 is 0 Å². The summed E-state index contributed by atoms with van der Waals surface area (Å²) in [5, 5.41) is 0. The van der Waals surface area contributed by atoms with Crippen LogP contribution >= 0.6 is 0 Å². The van der Waals surface area contributed by atoms with E-state index < -0.39 is 0 Å². The van der Waals surface area contributed by atoms with Gasteiger partial charge in [0.05, 0.1) is 24.1 Å². The molecule has 0 aliphatic rings. The normalized spacial score (nSPS) is 10.6. The zero-order valence-corrected chi connectivity index (χ0v) is 11.7. The molecule has 0 aliphatic carbocycles. The van der Waals surface area contributed by atoms with Crippen molar-refractivity contribution in [3.05, 3.63) is 24.0 Å². The first-order valence-corrected chi connectivity index (χ1v) is 6.29. The van der Waals surface area contributed by atoms with Gasteiger partial charge in [-0.05, 0) is 12.0 Å². The van der Waals surface area contributed by atoms with Crippen molar-refractivity contribution in [1.82, 2.24) is 9.88 Å². The Morgan fingerprint density at radius 2 is 2.32 bits per heavy atom. The number of rotatable bonds is 7. The molecule has 106 valence electrons. The highest BCUT2D eigenvalue weighted by molar-refractivity contribution is 5.99. The van der Waals surface area contributed by atoms with E-state index in [9.17, 15) is 4.79 Å². The molecule has 1 heterocycles. The van der Waals surface area contributed by atoms with Crippen LogP contribution in [0.2, 0.25) is 0 Å². The maximum absolute atomic E-state index is 12.5. The highest BCUT2D eigenvalue weighted by atomic mass is 16.5. The summed E-state index contributed by atoms with van der Waals surface area (Å²) in [6.45, 7) is 5.88. The Hall–Kier alpha value is -1.66. The summed E-state index contributed by atoms with van der Waals surface area (Å²) in [5.74, 6) is 5.72. The topological polar surface area (TPSA) is 80.5 Å². The number of amides is 1. The summed E-state index contributed by atoms with van der Waals surface area (Å²) >= 11 is 0. The molecule has 0 unspecified atom stereocenters. The third-order valence-corrected chi connectivity index (χ3v) is 2.65. The summed E-state index contributed by atoms with van der Waals surface area (Å²) < 4.78 is 5.05. The van der Waals surface area contributed by atoms with Crippen LogP contribution in [0, 0.1) is 5.92 Å². The molecular formula is C13H22N4O2. The zero-order valence-electron chi connectivity index (χ0n) is 11.7. The van der Waals surface area contributed by atoms with Gasteiger partial charge in [-0.1, -0.05) is 13.8 Å². The van der Waals surface area contributed by atoms with Gasteiger partial charge in [0.15, 0.2) is 0 Å². The number of methoxy groups -OCH3 is 1. The minimum Gasteiger partial charge on any atom is -0.383 e. The Bertz CT molecular complexity index is 409. The number of anilines is 1. The summed E-state index contributed by atoms with van der Waals surface area (Å²) in [4.78, 5) is 18.2. The Labute approximate surface area is 113 Å². The predicted octanol–water partition coefficient (Wildman–Crippen LogP) is 1.11. The number of hydrogen-bond acceptors (Lipinski definition) is 5. The molecule has 6 nitrogen and oxygen atoms in total. The van der Waals surface area contributed by atoms with E-state index in [0.29, 0.717) is 36.9 Å². The van der Waals surface area contributed by atoms with Crippen LogP contribution in [0.1, 0.15) is 24.2 Å². The zero-order chi connectivity index (χ0) is 14.3. The van der Waals surface area contributed by atoms with E-state index in [1.165, 1.54) is 6.20 Å².